The lowest BCUT2D eigenvalue weighted by atomic mass is 10.2. The number of fused-ring (bicyclic) bond motifs is 1. The number of benzene rings is 1. The molecule has 1 atom stereocenters. The highest BCUT2D eigenvalue weighted by Gasteiger charge is 2.09. The monoisotopic (exact) mass is 270 g/mol. The van der Waals surface area contributed by atoms with E-state index < -0.39 is 6.10 Å². The summed E-state index contributed by atoms with van der Waals surface area (Å²) in [5.41, 5.74) is 2.27. The first-order valence-electron chi connectivity index (χ1n) is 6.31. The Labute approximate surface area is 115 Å². The highest BCUT2D eigenvalue weighted by molar-refractivity contribution is 5.80. The predicted octanol–water partition coefficient (Wildman–Crippen LogP) is 0.846. The zero-order valence-corrected chi connectivity index (χ0v) is 10.7. The minimum absolute atomic E-state index is 0.205. The van der Waals surface area contributed by atoms with Crippen LogP contribution in [0.25, 0.3) is 22.3 Å². The quantitative estimate of drug-likeness (QED) is 0.734. The Kier molecular flexibility index (Phi) is 3.41. The van der Waals surface area contributed by atoms with Crippen molar-refractivity contribution in [2.24, 2.45) is 0 Å². The number of aliphatic hydroxyl groups is 2. The fourth-order valence-corrected chi connectivity index (χ4v) is 1.99. The van der Waals surface area contributed by atoms with E-state index in [2.05, 4.69) is 15.3 Å². The second-order valence-electron chi connectivity index (χ2n) is 4.55. The van der Waals surface area contributed by atoms with Crippen LogP contribution < -0.4 is 0 Å². The van der Waals surface area contributed by atoms with Crippen molar-refractivity contribution in [3.63, 3.8) is 0 Å². The van der Waals surface area contributed by atoms with Gasteiger partial charge in [-0.15, -0.1) is 5.10 Å². The smallest absolute Gasteiger partial charge is 0.131 e. The summed E-state index contributed by atoms with van der Waals surface area (Å²) in [6, 6.07) is 11.7. The zero-order valence-electron chi connectivity index (χ0n) is 10.7. The van der Waals surface area contributed by atoms with Crippen LogP contribution in [0.2, 0.25) is 0 Å². The molecule has 6 nitrogen and oxygen atoms in total. The van der Waals surface area contributed by atoms with Gasteiger partial charge in [0.25, 0.3) is 0 Å². The molecule has 2 heterocycles. The Morgan fingerprint density at radius 2 is 1.95 bits per heavy atom. The van der Waals surface area contributed by atoms with Crippen molar-refractivity contribution >= 4 is 10.9 Å². The summed E-state index contributed by atoms with van der Waals surface area (Å²) in [6.07, 6.45) is 0.866. The van der Waals surface area contributed by atoms with E-state index >= 15 is 0 Å². The van der Waals surface area contributed by atoms with E-state index in [1.54, 1.807) is 6.20 Å². The van der Waals surface area contributed by atoms with Crippen LogP contribution in [0.3, 0.4) is 0 Å². The summed E-state index contributed by atoms with van der Waals surface area (Å²) >= 11 is 0. The molecule has 0 spiro atoms. The Hall–Kier alpha value is -2.31. The van der Waals surface area contributed by atoms with Crippen LogP contribution in [0.1, 0.15) is 0 Å². The van der Waals surface area contributed by atoms with Gasteiger partial charge < -0.3 is 10.2 Å². The van der Waals surface area contributed by atoms with Crippen LogP contribution in [-0.4, -0.2) is 42.9 Å². The van der Waals surface area contributed by atoms with E-state index in [1.165, 1.54) is 4.68 Å². The molecule has 2 N–H and O–H groups in total. The van der Waals surface area contributed by atoms with E-state index in [9.17, 15) is 5.11 Å². The van der Waals surface area contributed by atoms with E-state index in [0.29, 0.717) is 5.69 Å². The number of pyridine rings is 1. The number of rotatable bonds is 4. The molecule has 0 fully saturated rings. The Balaban J connectivity index is 1.91. The van der Waals surface area contributed by atoms with Crippen LogP contribution >= 0.6 is 0 Å². The van der Waals surface area contributed by atoms with Gasteiger partial charge in [0.05, 0.1) is 36.7 Å². The van der Waals surface area contributed by atoms with Gasteiger partial charge in [0, 0.05) is 5.39 Å². The van der Waals surface area contributed by atoms with Gasteiger partial charge in [-0.2, -0.15) is 0 Å². The molecule has 0 aliphatic carbocycles. The number of para-hydroxylation sites is 1. The second-order valence-corrected chi connectivity index (χ2v) is 4.55. The number of hydrogen-bond donors (Lipinski definition) is 2. The Bertz CT molecular complexity index is 726. The van der Waals surface area contributed by atoms with E-state index in [4.69, 9.17) is 5.11 Å². The van der Waals surface area contributed by atoms with E-state index in [-0.39, 0.29) is 13.2 Å². The predicted molar refractivity (Wildman–Crippen MR) is 73.9 cm³/mol. The third kappa shape index (κ3) is 2.52. The third-order valence-corrected chi connectivity index (χ3v) is 3.01. The van der Waals surface area contributed by atoms with E-state index in [1.807, 2.05) is 36.4 Å². The van der Waals surface area contributed by atoms with Crippen molar-refractivity contribution in [2.75, 3.05) is 6.61 Å². The molecule has 0 amide bonds. The molecule has 0 unspecified atom stereocenters. The van der Waals surface area contributed by atoms with Gasteiger partial charge >= 0.3 is 0 Å². The summed E-state index contributed by atoms with van der Waals surface area (Å²) < 4.78 is 1.49. The Morgan fingerprint density at radius 1 is 1.10 bits per heavy atom. The molecule has 6 heteroatoms. The van der Waals surface area contributed by atoms with Crippen molar-refractivity contribution in [3.8, 4) is 11.4 Å². The van der Waals surface area contributed by atoms with Gasteiger partial charge in [-0.1, -0.05) is 29.5 Å². The maximum absolute atomic E-state index is 9.38. The number of aliphatic hydroxyl groups excluding tert-OH is 2. The topological polar surface area (TPSA) is 84.1 Å². The van der Waals surface area contributed by atoms with Gasteiger partial charge in [0.15, 0.2) is 0 Å². The highest BCUT2D eigenvalue weighted by Crippen LogP contribution is 2.18. The molecule has 0 saturated heterocycles. The van der Waals surface area contributed by atoms with Crippen molar-refractivity contribution < 1.29 is 10.2 Å². The molecule has 2 aromatic heterocycles. The zero-order chi connectivity index (χ0) is 13.9. The summed E-state index contributed by atoms with van der Waals surface area (Å²) in [5, 5.41) is 27.2. The fourth-order valence-electron chi connectivity index (χ4n) is 1.99. The number of hydrogen-bond acceptors (Lipinski definition) is 5. The van der Waals surface area contributed by atoms with Crippen LogP contribution in [0.5, 0.6) is 0 Å². The lowest BCUT2D eigenvalue weighted by Crippen LogP contribution is -2.20. The highest BCUT2D eigenvalue weighted by atomic mass is 16.3. The van der Waals surface area contributed by atoms with E-state index in [0.717, 1.165) is 16.6 Å². The SMILES string of the molecule is OC[C@H](O)Cn1cc(-c2ccc3ccccc3n2)nn1. The summed E-state index contributed by atoms with van der Waals surface area (Å²) in [4.78, 5) is 4.53. The van der Waals surface area contributed by atoms with Crippen LogP contribution in [0.4, 0.5) is 0 Å². The molecule has 1 aromatic carbocycles. The lowest BCUT2D eigenvalue weighted by molar-refractivity contribution is 0.0778. The van der Waals surface area contributed by atoms with Crippen LogP contribution in [-0.2, 0) is 6.54 Å². The van der Waals surface area contributed by atoms with Crippen molar-refractivity contribution in [3.05, 3.63) is 42.6 Å². The standard InChI is InChI=1S/C14H14N4O2/c19-9-11(20)7-18-8-14(16-17-18)13-6-5-10-3-1-2-4-12(10)15-13/h1-6,8,11,19-20H,7,9H2/t11-/m1/s1. The third-order valence-electron chi connectivity index (χ3n) is 3.01. The van der Waals surface area contributed by atoms with Crippen LogP contribution in [0.15, 0.2) is 42.6 Å². The maximum Gasteiger partial charge on any atom is 0.131 e. The molecule has 3 rings (SSSR count). The summed E-state index contributed by atoms with van der Waals surface area (Å²) in [5.74, 6) is 0. The van der Waals surface area contributed by atoms with Gasteiger partial charge in [-0.05, 0) is 12.1 Å². The molecule has 20 heavy (non-hydrogen) atoms. The summed E-state index contributed by atoms with van der Waals surface area (Å²) in [6.45, 7) is -0.0967. The molecule has 3 aromatic rings. The molecule has 0 radical (unpaired) electrons. The largest absolute Gasteiger partial charge is 0.394 e. The van der Waals surface area contributed by atoms with Crippen molar-refractivity contribution in [1.82, 2.24) is 20.0 Å². The molecule has 0 saturated carbocycles. The first kappa shape index (κ1) is 12.7. The van der Waals surface area contributed by atoms with Gasteiger partial charge in [-0.3, -0.25) is 0 Å². The second kappa shape index (κ2) is 5.36. The molecule has 0 bridgehead atoms. The first-order chi connectivity index (χ1) is 9.76. The molecule has 102 valence electrons. The van der Waals surface area contributed by atoms with Gasteiger partial charge in [0.1, 0.15) is 5.69 Å². The Morgan fingerprint density at radius 3 is 2.80 bits per heavy atom. The molecule has 0 aliphatic rings. The molecular formula is C14H14N4O2. The number of aromatic nitrogens is 4. The minimum atomic E-state index is -0.839. The van der Waals surface area contributed by atoms with Crippen LogP contribution in [0, 0.1) is 0 Å². The normalized spacial score (nSPS) is 12.7. The average molecular weight is 270 g/mol. The van der Waals surface area contributed by atoms with Crippen molar-refractivity contribution in [1.29, 1.82) is 0 Å². The van der Waals surface area contributed by atoms with Gasteiger partial charge in [-0.25, -0.2) is 9.67 Å². The maximum atomic E-state index is 9.38. The van der Waals surface area contributed by atoms with Gasteiger partial charge in [0.2, 0.25) is 0 Å². The summed E-state index contributed by atoms with van der Waals surface area (Å²) in [7, 11) is 0. The lowest BCUT2D eigenvalue weighted by Gasteiger charge is -2.04. The van der Waals surface area contributed by atoms with Crippen molar-refractivity contribution in [2.45, 2.75) is 12.6 Å². The number of nitrogens with zero attached hydrogens (tertiary/aromatic N) is 4. The first-order valence-corrected chi connectivity index (χ1v) is 6.31. The average Bonchev–Trinajstić information content (AvgIpc) is 2.95. The fraction of sp³-hybridized carbons (Fsp3) is 0.214. The molecule has 0 aliphatic heterocycles. The molecular weight excluding hydrogens is 256 g/mol. The minimum Gasteiger partial charge on any atom is -0.394 e.